The van der Waals surface area contributed by atoms with Crippen LogP contribution in [0.25, 0.3) is 0 Å². The molecule has 1 fully saturated rings. The Labute approximate surface area is 117 Å². The van der Waals surface area contributed by atoms with Gasteiger partial charge in [-0.1, -0.05) is 0 Å². The van der Waals surface area contributed by atoms with Gasteiger partial charge in [-0.05, 0) is 30.9 Å². The molecule has 0 aromatic heterocycles. The maximum atomic E-state index is 12.4. The quantitative estimate of drug-likeness (QED) is 0.872. The predicted molar refractivity (Wildman–Crippen MR) is 71.7 cm³/mol. The van der Waals surface area contributed by atoms with Crippen LogP contribution in [0.15, 0.2) is 18.2 Å². The second kappa shape index (κ2) is 7.28. The van der Waals surface area contributed by atoms with Crippen molar-refractivity contribution in [1.29, 1.82) is 0 Å². The number of nitrogens with one attached hydrogen (secondary N) is 1. The van der Waals surface area contributed by atoms with Crippen LogP contribution in [0.5, 0.6) is 11.5 Å². The number of anilines is 1. The second-order valence-electron chi connectivity index (χ2n) is 4.70. The molecular weight excluding hydrogens is 268 g/mol. The first-order valence-electron chi connectivity index (χ1n) is 6.63. The Morgan fingerprint density at radius 1 is 1.45 bits per heavy atom. The van der Waals surface area contributed by atoms with Gasteiger partial charge in [0.1, 0.15) is 11.5 Å². The highest BCUT2D eigenvalue weighted by molar-refractivity contribution is 5.59. The molecule has 1 atom stereocenters. The van der Waals surface area contributed by atoms with Crippen molar-refractivity contribution >= 4 is 5.69 Å². The Balaban J connectivity index is 2.02. The van der Waals surface area contributed by atoms with E-state index < -0.39 is 6.61 Å². The van der Waals surface area contributed by atoms with E-state index in [0.29, 0.717) is 30.5 Å². The third-order valence-electron chi connectivity index (χ3n) is 3.24. The maximum Gasteiger partial charge on any atom is 0.387 e. The van der Waals surface area contributed by atoms with Crippen LogP contribution in [0.4, 0.5) is 14.5 Å². The highest BCUT2D eigenvalue weighted by Crippen LogP contribution is 2.31. The second-order valence-corrected chi connectivity index (χ2v) is 4.70. The average Bonchev–Trinajstić information content (AvgIpc) is 2.47. The van der Waals surface area contributed by atoms with Crippen LogP contribution in [-0.4, -0.2) is 33.5 Å². The zero-order valence-electron chi connectivity index (χ0n) is 11.4. The summed E-state index contributed by atoms with van der Waals surface area (Å²) in [7, 11) is 1.53. The van der Waals surface area contributed by atoms with E-state index in [4.69, 9.17) is 9.47 Å². The van der Waals surface area contributed by atoms with Gasteiger partial charge < -0.3 is 19.5 Å². The lowest BCUT2D eigenvalue weighted by Gasteiger charge is -2.23. The van der Waals surface area contributed by atoms with Crippen molar-refractivity contribution in [3.05, 3.63) is 18.2 Å². The summed E-state index contributed by atoms with van der Waals surface area (Å²) in [6, 6.07) is 4.72. The number of alkyl halides is 2. The molecule has 0 amide bonds. The summed E-state index contributed by atoms with van der Waals surface area (Å²) in [5, 5.41) is 3.14. The van der Waals surface area contributed by atoms with E-state index in [-0.39, 0.29) is 5.75 Å². The molecule has 1 aliphatic heterocycles. The Hall–Kier alpha value is -1.56. The summed E-state index contributed by atoms with van der Waals surface area (Å²) in [6.07, 6.45) is 2.10. The number of ether oxygens (including phenoxy) is 3. The molecule has 4 nitrogen and oxygen atoms in total. The number of hydrogen-bond donors (Lipinski definition) is 1. The average molecular weight is 287 g/mol. The van der Waals surface area contributed by atoms with Gasteiger partial charge >= 0.3 is 6.61 Å². The van der Waals surface area contributed by atoms with E-state index >= 15 is 0 Å². The molecule has 6 heteroatoms. The smallest absolute Gasteiger partial charge is 0.387 e. The lowest BCUT2D eigenvalue weighted by molar-refractivity contribution is -0.0494. The summed E-state index contributed by atoms with van der Waals surface area (Å²) in [5.74, 6) is 1.10. The van der Waals surface area contributed by atoms with Gasteiger partial charge in [-0.25, -0.2) is 0 Å². The normalized spacial score (nSPS) is 18.9. The van der Waals surface area contributed by atoms with E-state index in [0.717, 1.165) is 19.4 Å². The van der Waals surface area contributed by atoms with Crippen molar-refractivity contribution in [2.24, 2.45) is 5.92 Å². The molecule has 2 rings (SSSR count). The van der Waals surface area contributed by atoms with E-state index in [1.165, 1.54) is 13.2 Å². The fourth-order valence-corrected chi connectivity index (χ4v) is 2.20. The Kier molecular flexibility index (Phi) is 5.40. The van der Waals surface area contributed by atoms with Gasteiger partial charge in [0.15, 0.2) is 0 Å². The SMILES string of the molecule is COc1ccc(OC(F)F)c(NCC2CCCOC2)c1. The van der Waals surface area contributed by atoms with Crippen LogP contribution in [0, 0.1) is 5.92 Å². The van der Waals surface area contributed by atoms with Crippen LogP contribution < -0.4 is 14.8 Å². The third-order valence-corrected chi connectivity index (χ3v) is 3.24. The van der Waals surface area contributed by atoms with Gasteiger partial charge in [0.2, 0.25) is 0 Å². The molecule has 0 spiro atoms. The highest BCUT2D eigenvalue weighted by Gasteiger charge is 2.16. The molecule has 1 aliphatic rings. The fourth-order valence-electron chi connectivity index (χ4n) is 2.20. The first-order valence-corrected chi connectivity index (χ1v) is 6.63. The summed E-state index contributed by atoms with van der Waals surface area (Å²) < 4.78 is 39.7. The van der Waals surface area contributed by atoms with Gasteiger partial charge in [0, 0.05) is 19.2 Å². The number of benzene rings is 1. The van der Waals surface area contributed by atoms with E-state index in [9.17, 15) is 8.78 Å². The fraction of sp³-hybridized carbons (Fsp3) is 0.571. The van der Waals surface area contributed by atoms with Crippen LogP contribution in [-0.2, 0) is 4.74 Å². The van der Waals surface area contributed by atoms with Gasteiger partial charge in [-0.3, -0.25) is 0 Å². The molecule has 1 unspecified atom stereocenters. The third kappa shape index (κ3) is 4.23. The zero-order valence-corrected chi connectivity index (χ0v) is 11.4. The zero-order chi connectivity index (χ0) is 14.4. The molecule has 1 saturated heterocycles. The van der Waals surface area contributed by atoms with Crippen molar-refractivity contribution in [2.75, 3.05) is 32.2 Å². The molecule has 0 saturated carbocycles. The van der Waals surface area contributed by atoms with Crippen molar-refractivity contribution in [3.8, 4) is 11.5 Å². The summed E-state index contributed by atoms with van der Waals surface area (Å²) in [4.78, 5) is 0. The monoisotopic (exact) mass is 287 g/mol. The molecule has 0 radical (unpaired) electrons. The molecule has 0 aliphatic carbocycles. The van der Waals surface area contributed by atoms with Crippen LogP contribution in [0.2, 0.25) is 0 Å². The van der Waals surface area contributed by atoms with Crippen molar-refractivity contribution in [3.63, 3.8) is 0 Å². The first kappa shape index (κ1) is 14.8. The first-order chi connectivity index (χ1) is 9.69. The molecule has 112 valence electrons. The predicted octanol–water partition coefficient (Wildman–Crippen LogP) is 3.14. The lowest BCUT2D eigenvalue weighted by Crippen LogP contribution is -2.24. The van der Waals surface area contributed by atoms with Crippen molar-refractivity contribution in [2.45, 2.75) is 19.5 Å². The number of halogens is 2. The maximum absolute atomic E-state index is 12.4. The van der Waals surface area contributed by atoms with Gasteiger partial charge in [-0.2, -0.15) is 8.78 Å². The minimum atomic E-state index is -2.85. The molecular formula is C14H19F2NO3. The molecule has 1 aromatic carbocycles. The standard InChI is InChI=1S/C14H19F2NO3/c1-18-11-4-5-13(20-14(15)16)12(7-11)17-8-10-3-2-6-19-9-10/h4-5,7,10,14,17H,2-3,6,8-9H2,1H3. The Bertz CT molecular complexity index is 423. The van der Waals surface area contributed by atoms with Gasteiger partial charge in [0.25, 0.3) is 0 Å². The van der Waals surface area contributed by atoms with Crippen molar-refractivity contribution < 1.29 is 23.0 Å². The number of rotatable bonds is 6. The highest BCUT2D eigenvalue weighted by atomic mass is 19.3. The molecule has 1 aromatic rings. The Morgan fingerprint density at radius 2 is 2.30 bits per heavy atom. The summed E-state index contributed by atoms with van der Waals surface area (Å²) >= 11 is 0. The lowest BCUT2D eigenvalue weighted by atomic mass is 10.0. The topological polar surface area (TPSA) is 39.7 Å². The van der Waals surface area contributed by atoms with E-state index in [1.807, 2.05) is 0 Å². The molecule has 20 heavy (non-hydrogen) atoms. The number of methoxy groups -OCH3 is 1. The van der Waals surface area contributed by atoms with E-state index in [2.05, 4.69) is 10.1 Å². The minimum Gasteiger partial charge on any atom is -0.497 e. The number of hydrogen-bond acceptors (Lipinski definition) is 4. The minimum absolute atomic E-state index is 0.123. The van der Waals surface area contributed by atoms with Crippen LogP contribution >= 0.6 is 0 Å². The molecule has 1 heterocycles. The Morgan fingerprint density at radius 3 is 2.95 bits per heavy atom. The van der Waals surface area contributed by atoms with Crippen molar-refractivity contribution in [1.82, 2.24) is 0 Å². The van der Waals surface area contributed by atoms with Gasteiger partial charge in [-0.15, -0.1) is 0 Å². The summed E-state index contributed by atoms with van der Waals surface area (Å²) in [6.45, 7) is -0.688. The van der Waals surface area contributed by atoms with Crippen LogP contribution in [0.1, 0.15) is 12.8 Å². The largest absolute Gasteiger partial charge is 0.497 e. The van der Waals surface area contributed by atoms with Gasteiger partial charge in [0.05, 0.1) is 19.4 Å². The molecule has 1 N–H and O–H groups in total. The molecule has 0 bridgehead atoms. The van der Waals surface area contributed by atoms with Crippen LogP contribution in [0.3, 0.4) is 0 Å². The summed E-state index contributed by atoms with van der Waals surface area (Å²) in [5.41, 5.74) is 0.509. The van der Waals surface area contributed by atoms with E-state index in [1.54, 1.807) is 12.1 Å².